The predicted molar refractivity (Wildman–Crippen MR) is 68.7 cm³/mol. The molecule has 0 unspecified atom stereocenters. The van der Waals surface area contributed by atoms with E-state index in [0.29, 0.717) is 16.7 Å². The highest BCUT2D eigenvalue weighted by Gasteiger charge is 2.20. The lowest BCUT2D eigenvalue weighted by Gasteiger charge is -2.14. The Hall–Kier alpha value is -2.02. The van der Waals surface area contributed by atoms with E-state index >= 15 is 0 Å². The summed E-state index contributed by atoms with van der Waals surface area (Å²) in [5.74, 6) is -3.03. The second-order valence-corrected chi connectivity index (χ2v) is 4.56. The molecule has 0 saturated carbocycles. The number of phenolic OH excluding ortho intramolecular Hbond substituents is 1. The van der Waals surface area contributed by atoms with E-state index in [2.05, 4.69) is 0 Å². The van der Waals surface area contributed by atoms with Gasteiger partial charge >= 0.3 is 0 Å². The van der Waals surface area contributed by atoms with Gasteiger partial charge in [0, 0.05) is 12.1 Å². The van der Waals surface area contributed by atoms with Gasteiger partial charge in [0.15, 0.2) is 0 Å². The molecular formula is C13H8ClF4NO2. The fraction of sp³-hybridized carbons (Fsp3) is 0.154. The van der Waals surface area contributed by atoms with E-state index < -0.39 is 41.5 Å². The average Bonchev–Trinajstić information content (AvgIpc) is 2.36. The monoisotopic (exact) mass is 321 g/mol. The SMILES string of the molecule is O=c1c(Cl)ccc(-c2c(F)cc(O)cc2F)n1CC(F)F. The summed E-state index contributed by atoms with van der Waals surface area (Å²) in [7, 11) is 0. The van der Waals surface area contributed by atoms with Gasteiger partial charge in [0.05, 0.1) is 17.8 Å². The minimum atomic E-state index is -2.91. The standard InChI is InChI=1S/C13H8ClF4NO2/c14-7-1-2-10(19(13(7)21)5-11(17)18)12-8(15)3-6(20)4-9(12)16/h1-4,11,20H,5H2. The maximum absolute atomic E-state index is 13.8. The van der Waals surface area contributed by atoms with E-state index in [9.17, 15) is 22.4 Å². The topological polar surface area (TPSA) is 42.2 Å². The van der Waals surface area contributed by atoms with Crippen molar-refractivity contribution in [3.05, 3.63) is 51.3 Å². The van der Waals surface area contributed by atoms with Crippen LogP contribution >= 0.6 is 11.6 Å². The summed E-state index contributed by atoms with van der Waals surface area (Å²) < 4.78 is 53.2. The zero-order valence-corrected chi connectivity index (χ0v) is 11.0. The molecule has 0 amide bonds. The molecule has 2 rings (SSSR count). The Morgan fingerprint density at radius 1 is 1.19 bits per heavy atom. The summed E-state index contributed by atoms with van der Waals surface area (Å²) in [6.07, 6.45) is -2.91. The van der Waals surface area contributed by atoms with Crippen LogP contribution in [0, 0.1) is 11.6 Å². The molecule has 0 aliphatic heterocycles. The van der Waals surface area contributed by atoms with E-state index in [-0.39, 0.29) is 10.7 Å². The lowest BCUT2D eigenvalue weighted by Crippen LogP contribution is -2.25. The first-order chi connectivity index (χ1) is 9.81. The minimum absolute atomic E-state index is 0.348. The van der Waals surface area contributed by atoms with Crippen molar-refractivity contribution in [2.24, 2.45) is 0 Å². The van der Waals surface area contributed by atoms with Crippen LogP contribution in [-0.2, 0) is 6.54 Å². The number of nitrogens with zero attached hydrogens (tertiary/aromatic N) is 1. The smallest absolute Gasteiger partial charge is 0.269 e. The molecule has 1 N–H and O–H groups in total. The largest absolute Gasteiger partial charge is 0.508 e. The van der Waals surface area contributed by atoms with Crippen LogP contribution in [0.15, 0.2) is 29.1 Å². The molecule has 1 heterocycles. The van der Waals surface area contributed by atoms with Crippen molar-refractivity contribution >= 4 is 11.6 Å². The second kappa shape index (κ2) is 5.77. The Balaban J connectivity index is 2.76. The number of phenols is 1. The molecule has 112 valence electrons. The van der Waals surface area contributed by atoms with Crippen LogP contribution in [0.5, 0.6) is 5.75 Å². The van der Waals surface area contributed by atoms with Crippen LogP contribution < -0.4 is 5.56 Å². The molecule has 0 aliphatic carbocycles. The van der Waals surface area contributed by atoms with Crippen molar-refractivity contribution in [1.82, 2.24) is 4.57 Å². The van der Waals surface area contributed by atoms with Crippen molar-refractivity contribution in [1.29, 1.82) is 0 Å². The molecule has 3 nitrogen and oxygen atoms in total. The van der Waals surface area contributed by atoms with Crippen molar-refractivity contribution in [2.75, 3.05) is 0 Å². The van der Waals surface area contributed by atoms with Gasteiger partial charge in [0.1, 0.15) is 22.4 Å². The van der Waals surface area contributed by atoms with Gasteiger partial charge in [-0.3, -0.25) is 4.79 Å². The van der Waals surface area contributed by atoms with Crippen LogP contribution in [0.25, 0.3) is 11.3 Å². The third-order valence-corrected chi connectivity index (χ3v) is 3.02. The van der Waals surface area contributed by atoms with Crippen molar-refractivity contribution < 1.29 is 22.7 Å². The lowest BCUT2D eigenvalue weighted by molar-refractivity contribution is 0.126. The molecule has 2 aromatic rings. The highest BCUT2D eigenvalue weighted by Crippen LogP contribution is 2.29. The minimum Gasteiger partial charge on any atom is -0.508 e. The van der Waals surface area contributed by atoms with Gasteiger partial charge in [-0.05, 0) is 12.1 Å². The number of halogens is 5. The molecule has 8 heteroatoms. The van der Waals surface area contributed by atoms with Crippen molar-refractivity contribution in [3.63, 3.8) is 0 Å². The maximum atomic E-state index is 13.8. The maximum Gasteiger partial charge on any atom is 0.269 e. The number of hydrogen-bond acceptors (Lipinski definition) is 2. The molecule has 0 fully saturated rings. The fourth-order valence-electron chi connectivity index (χ4n) is 1.89. The molecule has 0 bridgehead atoms. The highest BCUT2D eigenvalue weighted by atomic mass is 35.5. The third-order valence-electron chi connectivity index (χ3n) is 2.73. The summed E-state index contributed by atoms with van der Waals surface area (Å²) in [5, 5.41) is 8.74. The predicted octanol–water partition coefficient (Wildman–Crippen LogP) is 3.42. The number of aromatic hydroxyl groups is 1. The molecule has 0 radical (unpaired) electrons. The van der Waals surface area contributed by atoms with E-state index in [1.165, 1.54) is 0 Å². The van der Waals surface area contributed by atoms with Crippen LogP contribution in [0.2, 0.25) is 5.02 Å². The number of alkyl halides is 2. The van der Waals surface area contributed by atoms with E-state index in [1.807, 2.05) is 0 Å². The molecule has 1 aromatic carbocycles. The third kappa shape index (κ3) is 3.02. The summed E-state index contributed by atoms with van der Waals surface area (Å²) in [4.78, 5) is 11.8. The molecule has 1 aromatic heterocycles. The Morgan fingerprint density at radius 2 is 1.76 bits per heavy atom. The van der Waals surface area contributed by atoms with Gasteiger partial charge in [0.25, 0.3) is 12.0 Å². The highest BCUT2D eigenvalue weighted by molar-refractivity contribution is 6.30. The zero-order valence-electron chi connectivity index (χ0n) is 10.3. The Labute approximate surface area is 121 Å². The van der Waals surface area contributed by atoms with E-state index in [0.717, 1.165) is 12.1 Å². The van der Waals surface area contributed by atoms with Gasteiger partial charge in [-0.1, -0.05) is 11.6 Å². The fourth-order valence-corrected chi connectivity index (χ4v) is 2.06. The lowest BCUT2D eigenvalue weighted by atomic mass is 10.1. The Bertz CT molecular complexity index is 722. The first-order valence-corrected chi connectivity index (χ1v) is 6.05. The van der Waals surface area contributed by atoms with Gasteiger partial charge in [-0.15, -0.1) is 0 Å². The first kappa shape index (κ1) is 15.4. The van der Waals surface area contributed by atoms with Crippen molar-refractivity contribution in [3.8, 4) is 17.0 Å². The van der Waals surface area contributed by atoms with Crippen LogP contribution in [0.3, 0.4) is 0 Å². The molecule has 0 aliphatic rings. The van der Waals surface area contributed by atoms with E-state index in [4.69, 9.17) is 16.7 Å². The number of aromatic nitrogens is 1. The number of benzene rings is 1. The van der Waals surface area contributed by atoms with Gasteiger partial charge in [-0.25, -0.2) is 17.6 Å². The second-order valence-electron chi connectivity index (χ2n) is 4.16. The quantitative estimate of drug-likeness (QED) is 0.880. The normalized spacial score (nSPS) is 11.1. The zero-order chi connectivity index (χ0) is 15.7. The average molecular weight is 322 g/mol. The number of pyridine rings is 1. The van der Waals surface area contributed by atoms with Gasteiger partial charge < -0.3 is 9.67 Å². The van der Waals surface area contributed by atoms with Crippen LogP contribution in [0.4, 0.5) is 17.6 Å². The van der Waals surface area contributed by atoms with Gasteiger partial charge in [-0.2, -0.15) is 0 Å². The number of rotatable bonds is 3. The summed E-state index contributed by atoms with van der Waals surface area (Å²) >= 11 is 5.56. The Kier molecular flexibility index (Phi) is 4.22. The molecule has 0 spiro atoms. The van der Waals surface area contributed by atoms with E-state index in [1.54, 1.807) is 0 Å². The molecule has 0 atom stereocenters. The molecule has 21 heavy (non-hydrogen) atoms. The summed E-state index contributed by atoms with van der Waals surface area (Å²) in [6.45, 7) is -1.06. The summed E-state index contributed by atoms with van der Waals surface area (Å²) in [6, 6.07) is 3.35. The number of hydrogen-bond donors (Lipinski definition) is 1. The van der Waals surface area contributed by atoms with Crippen LogP contribution in [0.1, 0.15) is 0 Å². The van der Waals surface area contributed by atoms with Crippen LogP contribution in [-0.4, -0.2) is 16.1 Å². The van der Waals surface area contributed by atoms with Crippen molar-refractivity contribution in [2.45, 2.75) is 13.0 Å². The first-order valence-electron chi connectivity index (χ1n) is 5.67. The Morgan fingerprint density at radius 3 is 2.29 bits per heavy atom. The molecule has 0 saturated heterocycles. The molecular weight excluding hydrogens is 314 g/mol. The summed E-state index contributed by atoms with van der Waals surface area (Å²) in [5.41, 5.74) is -2.07. The van der Waals surface area contributed by atoms with Gasteiger partial charge in [0.2, 0.25) is 0 Å².